The van der Waals surface area contributed by atoms with Crippen molar-refractivity contribution in [2.45, 2.75) is 32.7 Å². The van der Waals surface area contributed by atoms with Crippen molar-refractivity contribution >= 4 is 11.8 Å². The summed E-state index contributed by atoms with van der Waals surface area (Å²) in [6, 6.07) is 10.5. The molecule has 0 spiro atoms. The van der Waals surface area contributed by atoms with Crippen LogP contribution in [0.2, 0.25) is 0 Å². The Morgan fingerprint density at radius 1 is 1.19 bits per heavy atom. The van der Waals surface area contributed by atoms with Crippen molar-refractivity contribution < 1.29 is 0 Å². The van der Waals surface area contributed by atoms with E-state index in [2.05, 4.69) is 41.6 Å². The second-order valence-electron chi connectivity index (χ2n) is 4.99. The fraction of sp³-hybridized carbons (Fsp3) is 0.500. The Kier molecular flexibility index (Phi) is 6.76. The third-order valence-electron chi connectivity index (χ3n) is 3.21. The van der Waals surface area contributed by atoms with Gasteiger partial charge in [-0.15, -0.1) is 5.10 Å². The van der Waals surface area contributed by atoms with E-state index in [4.69, 9.17) is 0 Å². The molecule has 0 amide bonds. The van der Waals surface area contributed by atoms with Crippen LogP contribution in [0, 0.1) is 0 Å². The molecule has 114 valence electrons. The van der Waals surface area contributed by atoms with E-state index in [0.717, 1.165) is 30.1 Å². The lowest BCUT2D eigenvalue weighted by atomic mass is 10.2. The Morgan fingerprint density at radius 2 is 2.00 bits per heavy atom. The highest BCUT2D eigenvalue weighted by molar-refractivity contribution is 7.99. The van der Waals surface area contributed by atoms with Crippen LogP contribution < -0.4 is 5.32 Å². The van der Waals surface area contributed by atoms with Crippen molar-refractivity contribution in [2.75, 3.05) is 18.1 Å². The zero-order chi connectivity index (χ0) is 14.9. The third kappa shape index (κ3) is 4.58. The van der Waals surface area contributed by atoms with Gasteiger partial charge in [0.1, 0.15) is 0 Å². The minimum atomic E-state index is 0.289. The Morgan fingerprint density at radius 3 is 2.71 bits per heavy atom. The molecule has 2 aromatic rings. The molecule has 21 heavy (non-hydrogen) atoms. The molecule has 4 nitrogen and oxygen atoms in total. The number of rotatable bonds is 9. The topological polar surface area (TPSA) is 42.7 Å². The third-order valence-corrected chi connectivity index (χ3v) is 4.47. The van der Waals surface area contributed by atoms with Crippen molar-refractivity contribution in [1.29, 1.82) is 0 Å². The first-order chi connectivity index (χ1) is 10.4. The number of thioether (sulfide) groups is 1. The molecular formula is C16H24N4S. The molecule has 0 aliphatic rings. The Hall–Kier alpha value is -1.33. The van der Waals surface area contributed by atoms with Crippen LogP contribution in [0.1, 0.15) is 38.4 Å². The highest BCUT2D eigenvalue weighted by Crippen LogP contribution is 2.20. The summed E-state index contributed by atoms with van der Waals surface area (Å²) in [5.41, 5.74) is 2.20. The Labute approximate surface area is 131 Å². The summed E-state index contributed by atoms with van der Waals surface area (Å²) < 4.78 is 1.94. The number of hydrogen-bond donors (Lipinski definition) is 1. The number of para-hydroxylation sites is 1. The molecule has 5 heteroatoms. The van der Waals surface area contributed by atoms with Crippen LogP contribution in [0.5, 0.6) is 0 Å². The minimum Gasteiger partial charge on any atom is -0.308 e. The van der Waals surface area contributed by atoms with E-state index in [9.17, 15) is 0 Å². The second kappa shape index (κ2) is 8.85. The minimum absolute atomic E-state index is 0.289. The van der Waals surface area contributed by atoms with Gasteiger partial charge in [0.2, 0.25) is 0 Å². The van der Waals surface area contributed by atoms with Crippen molar-refractivity contribution in [2.24, 2.45) is 0 Å². The maximum absolute atomic E-state index is 4.26. The molecule has 0 bridgehead atoms. The lowest BCUT2D eigenvalue weighted by molar-refractivity contribution is 0.549. The molecule has 0 aliphatic carbocycles. The van der Waals surface area contributed by atoms with Gasteiger partial charge < -0.3 is 5.32 Å². The smallest absolute Gasteiger partial charge is 0.0823 e. The monoisotopic (exact) mass is 304 g/mol. The van der Waals surface area contributed by atoms with Crippen LogP contribution in [0.25, 0.3) is 5.69 Å². The lowest BCUT2D eigenvalue weighted by Crippen LogP contribution is -2.26. The predicted molar refractivity (Wildman–Crippen MR) is 90.0 cm³/mol. The summed E-state index contributed by atoms with van der Waals surface area (Å²) in [5, 5.41) is 12.0. The molecule has 0 saturated carbocycles. The molecule has 1 aromatic heterocycles. The number of aromatic nitrogens is 3. The second-order valence-corrected chi connectivity index (χ2v) is 6.14. The first kappa shape index (κ1) is 16.0. The summed E-state index contributed by atoms with van der Waals surface area (Å²) in [6.07, 6.45) is 4.22. The van der Waals surface area contributed by atoms with Crippen molar-refractivity contribution in [3.05, 3.63) is 42.2 Å². The number of nitrogens with one attached hydrogen (secondary N) is 1. The van der Waals surface area contributed by atoms with Crippen LogP contribution in [-0.4, -0.2) is 33.0 Å². The average molecular weight is 304 g/mol. The van der Waals surface area contributed by atoms with Gasteiger partial charge in [-0.25, -0.2) is 4.68 Å². The van der Waals surface area contributed by atoms with Gasteiger partial charge in [0.15, 0.2) is 0 Å². The van der Waals surface area contributed by atoms with Crippen LogP contribution >= 0.6 is 11.8 Å². The van der Waals surface area contributed by atoms with Gasteiger partial charge in [-0.1, -0.05) is 37.3 Å². The molecular weight excluding hydrogens is 280 g/mol. The van der Waals surface area contributed by atoms with Gasteiger partial charge in [0.05, 0.1) is 23.6 Å². The van der Waals surface area contributed by atoms with Crippen molar-refractivity contribution in [3.8, 4) is 5.69 Å². The Bertz CT molecular complexity index is 512. The predicted octanol–water partition coefficient (Wildman–Crippen LogP) is 3.45. The molecule has 2 rings (SSSR count). The first-order valence-corrected chi connectivity index (χ1v) is 8.79. The van der Waals surface area contributed by atoms with E-state index in [1.165, 1.54) is 12.2 Å². The molecule has 0 saturated heterocycles. The number of benzene rings is 1. The van der Waals surface area contributed by atoms with Crippen LogP contribution in [0.3, 0.4) is 0 Å². The average Bonchev–Trinajstić information content (AvgIpc) is 3.01. The fourth-order valence-electron chi connectivity index (χ4n) is 2.16. The van der Waals surface area contributed by atoms with Gasteiger partial charge in [-0.2, -0.15) is 11.8 Å². The fourth-order valence-corrected chi connectivity index (χ4v) is 3.14. The standard InChI is InChI=1S/C16H24N4S/c1-3-10-17-15(13-21-11-4-2)16-12-18-19-20(16)14-8-6-5-7-9-14/h5-9,12,15,17H,3-4,10-11,13H2,1-2H3. The van der Waals surface area contributed by atoms with E-state index < -0.39 is 0 Å². The largest absolute Gasteiger partial charge is 0.308 e. The van der Waals surface area contributed by atoms with Gasteiger partial charge >= 0.3 is 0 Å². The van der Waals surface area contributed by atoms with Gasteiger partial charge in [0.25, 0.3) is 0 Å². The van der Waals surface area contributed by atoms with E-state index in [-0.39, 0.29) is 6.04 Å². The quantitative estimate of drug-likeness (QED) is 0.721. The molecule has 1 atom stereocenters. The summed E-state index contributed by atoms with van der Waals surface area (Å²) >= 11 is 1.98. The highest BCUT2D eigenvalue weighted by Gasteiger charge is 2.17. The van der Waals surface area contributed by atoms with Crippen LogP contribution in [0.15, 0.2) is 36.5 Å². The summed E-state index contributed by atoms with van der Waals surface area (Å²) in [5.74, 6) is 2.24. The number of hydrogen-bond acceptors (Lipinski definition) is 4. The maximum Gasteiger partial charge on any atom is 0.0823 e. The highest BCUT2D eigenvalue weighted by atomic mass is 32.2. The lowest BCUT2D eigenvalue weighted by Gasteiger charge is -2.19. The normalized spacial score (nSPS) is 12.5. The molecule has 0 radical (unpaired) electrons. The first-order valence-electron chi connectivity index (χ1n) is 7.64. The van der Waals surface area contributed by atoms with Crippen LogP contribution in [0.4, 0.5) is 0 Å². The van der Waals surface area contributed by atoms with E-state index >= 15 is 0 Å². The molecule has 1 N–H and O–H groups in total. The molecule has 1 unspecified atom stereocenters. The van der Waals surface area contributed by atoms with Crippen molar-refractivity contribution in [1.82, 2.24) is 20.3 Å². The summed E-state index contributed by atoms with van der Waals surface area (Å²) in [7, 11) is 0. The van der Waals surface area contributed by atoms with Gasteiger partial charge in [-0.05, 0) is 37.3 Å². The molecule has 0 fully saturated rings. The van der Waals surface area contributed by atoms with E-state index in [1.54, 1.807) is 0 Å². The zero-order valence-corrected chi connectivity index (χ0v) is 13.6. The van der Waals surface area contributed by atoms with Gasteiger partial charge in [-0.3, -0.25) is 0 Å². The molecule has 0 aliphatic heterocycles. The summed E-state index contributed by atoms with van der Waals surface area (Å²) in [4.78, 5) is 0. The summed E-state index contributed by atoms with van der Waals surface area (Å²) in [6.45, 7) is 5.42. The zero-order valence-electron chi connectivity index (χ0n) is 12.8. The van der Waals surface area contributed by atoms with Crippen molar-refractivity contribution in [3.63, 3.8) is 0 Å². The number of nitrogens with zero attached hydrogens (tertiary/aromatic N) is 3. The SMILES string of the molecule is CCCNC(CSCCC)c1cnnn1-c1ccccc1. The molecule has 1 heterocycles. The van der Waals surface area contributed by atoms with E-state index in [0.29, 0.717) is 0 Å². The van der Waals surface area contributed by atoms with E-state index in [1.807, 2.05) is 40.8 Å². The maximum atomic E-state index is 4.26. The molecule has 1 aromatic carbocycles. The van der Waals surface area contributed by atoms with Crippen LogP contribution in [-0.2, 0) is 0 Å². The van der Waals surface area contributed by atoms with Gasteiger partial charge in [0, 0.05) is 5.75 Å². The Balaban J connectivity index is 2.17.